The normalized spacial score (nSPS) is 19.0. The van der Waals surface area contributed by atoms with Gasteiger partial charge in [-0.1, -0.05) is 78.9 Å². The Balaban J connectivity index is 1.61. The van der Waals surface area contributed by atoms with E-state index in [1.807, 2.05) is 6.07 Å². The molecule has 0 bridgehead atoms. The lowest BCUT2D eigenvalue weighted by Gasteiger charge is -2.54. The van der Waals surface area contributed by atoms with Gasteiger partial charge in [-0.05, 0) is 64.2 Å². The van der Waals surface area contributed by atoms with E-state index in [2.05, 4.69) is 111 Å². The second-order valence-corrected chi connectivity index (χ2v) is 10.9. The molecule has 1 saturated heterocycles. The lowest BCUT2D eigenvalue weighted by atomic mass is 9.77. The summed E-state index contributed by atoms with van der Waals surface area (Å²) in [6.45, 7) is 10.6. The number of hydrogen-bond acceptors (Lipinski definition) is 3. The number of likely N-dealkylation sites (tertiary alicyclic amines) is 1. The highest BCUT2D eigenvalue weighted by Crippen LogP contribution is 2.41. The quantitative estimate of drug-likeness (QED) is 0.404. The molecule has 0 saturated carbocycles. The van der Waals surface area contributed by atoms with Crippen molar-refractivity contribution in [1.29, 1.82) is 0 Å². The molecule has 3 heteroatoms. The molecule has 1 aliphatic rings. The molecule has 3 aromatic rings. The number of aliphatic hydroxyl groups excluding tert-OH is 1. The first kappa shape index (κ1) is 24.5. The zero-order valence-corrected chi connectivity index (χ0v) is 21.1. The molecule has 1 N–H and O–H groups in total. The summed E-state index contributed by atoms with van der Waals surface area (Å²) in [4.78, 5) is 2.61. The Morgan fingerprint density at radius 3 is 2.03 bits per heavy atom. The molecule has 1 fully saturated rings. The van der Waals surface area contributed by atoms with Crippen LogP contribution >= 0.6 is 0 Å². The minimum atomic E-state index is -0.238. The Hall–Kier alpha value is -2.62. The van der Waals surface area contributed by atoms with Crippen LogP contribution in [0.2, 0.25) is 0 Å². The first-order valence-corrected chi connectivity index (χ1v) is 12.5. The van der Waals surface area contributed by atoms with Crippen molar-refractivity contribution in [2.45, 2.75) is 76.7 Å². The highest BCUT2D eigenvalue weighted by atomic mass is 16.5. The Kier molecular flexibility index (Phi) is 7.45. The molecule has 0 spiro atoms. The van der Waals surface area contributed by atoms with Crippen molar-refractivity contribution in [3.8, 4) is 5.75 Å². The zero-order valence-electron chi connectivity index (χ0n) is 21.1. The van der Waals surface area contributed by atoms with Crippen LogP contribution in [0.1, 0.15) is 69.6 Å². The lowest BCUT2D eigenvalue weighted by molar-refractivity contribution is -0.0812. The number of rotatable bonds is 8. The van der Waals surface area contributed by atoms with E-state index in [1.165, 1.54) is 16.7 Å². The van der Waals surface area contributed by atoms with Gasteiger partial charge in [-0.25, -0.2) is 0 Å². The van der Waals surface area contributed by atoms with Gasteiger partial charge in [0.2, 0.25) is 0 Å². The molecule has 3 aromatic carbocycles. The Morgan fingerprint density at radius 1 is 0.824 bits per heavy atom. The fourth-order valence-corrected chi connectivity index (χ4v) is 5.95. The van der Waals surface area contributed by atoms with E-state index < -0.39 is 0 Å². The molecule has 4 rings (SSSR count). The number of benzene rings is 3. The fourth-order valence-electron chi connectivity index (χ4n) is 5.95. The molecule has 0 radical (unpaired) electrons. The number of ether oxygens (including phenoxy) is 1. The molecule has 0 amide bonds. The summed E-state index contributed by atoms with van der Waals surface area (Å²) < 4.78 is 6.37. The van der Waals surface area contributed by atoms with Crippen molar-refractivity contribution in [3.05, 3.63) is 102 Å². The van der Waals surface area contributed by atoms with Gasteiger partial charge < -0.3 is 9.84 Å². The first-order chi connectivity index (χ1) is 16.3. The van der Waals surface area contributed by atoms with E-state index >= 15 is 0 Å². The van der Waals surface area contributed by atoms with Gasteiger partial charge in [0.25, 0.3) is 0 Å². The fraction of sp³-hybridized carbons (Fsp3) is 0.419. The topological polar surface area (TPSA) is 32.7 Å². The van der Waals surface area contributed by atoms with Gasteiger partial charge >= 0.3 is 0 Å². The minimum absolute atomic E-state index is 0.0499. The third-order valence-electron chi connectivity index (χ3n) is 7.31. The second kappa shape index (κ2) is 10.3. The lowest BCUT2D eigenvalue weighted by Crippen LogP contribution is -2.62. The van der Waals surface area contributed by atoms with Crippen molar-refractivity contribution in [2.24, 2.45) is 0 Å². The molecule has 1 atom stereocenters. The van der Waals surface area contributed by atoms with Crippen LogP contribution < -0.4 is 4.74 Å². The number of aliphatic hydroxyl groups is 1. The van der Waals surface area contributed by atoms with Crippen molar-refractivity contribution in [1.82, 2.24) is 4.90 Å². The molecule has 0 aromatic heterocycles. The zero-order chi connectivity index (χ0) is 24.2. The van der Waals surface area contributed by atoms with E-state index in [-0.39, 0.29) is 23.1 Å². The van der Waals surface area contributed by atoms with Gasteiger partial charge in [0.05, 0.1) is 6.10 Å². The molecule has 180 valence electrons. The second-order valence-electron chi connectivity index (χ2n) is 10.9. The van der Waals surface area contributed by atoms with Crippen LogP contribution in [-0.2, 0) is 6.61 Å². The van der Waals surface area contributed by atoms with Crippen LogP contribution in [0.4, 0.5) is 0 Å². The summed E-state index contributed by atoms with van der Waals surface area (Å²) in [6, 6.07) is 29.6. The van der Waals surface area contributed by atoms with Gasteiger partial charge in [-0.15, -0.1) is 0 Å². The van der Waals surface area contributed by atoms with Crippen molar-refractivity contribution in [3.63, 3.8) is 0 Å². The highest BCUT2D eigenvalue weighted by molar-refractivity contribution is 5.42. The van der Waals surface area contributed by atoms with Crippen LogP contribution in [0.5, 0.6) is 5.75 Å². The monoisotopic (exact) mass is 457 g/mol. The van der Waals surface area contributed by atoms with Crippen LogP contribution in [0.3, 0.4) is 0 Å². The summed E-state index contributed by atoms with van der Waals surface area (Å²) in [5.74, 6) is 1.18. The number of para-hydroxylation sites is 1. The summed E-state index contributed by atoms with van der Waals surface area (Å²) in [5.41, 5.74) is 3.62. The van der Waals surface area contributed by atoms with Crippen LogP contribution in [0.25, 0.3) is 0 Å². The average molecular weight is 458 g/mol. The summed E-state index contributed by atoms with van der Waals surface area (Å²) in [5, 5.41) is 10.5. The molecule has 1 aliphatic heterocycles. The summed E-state index contributed by atoms with van der Waals surface area (Å²) in [7, 11) is 0. The molecule has 1 unspecified atom stereocenters. The minimum Gasteiger partial charge on any atom is -0.489 e. The third kappa shape index (κ3) is 5.71. The van der Waals surface area contributed by atoms with E-state index in [0.717, 1.165) is 31.6 Å². The molecule has 3 nitrogen and oxygen atoms in total. The van der Waals surface area contributed by atoms with Crippen LogP contribution in [0, 0.1) is 0 Å². The summed E-state index contributed by atoms with van der Waals surface area (Å²) >= 11 is 0. The van der Waals surface area contributed by atoms with E-state index in [4.69, 9.17) is 4.74 Å². The van der Waals surface area contributed by atoms with E-state index in [1.54, 1.807) is 0 Å². The number of hydrogen-bond donors (Lipinski definition) is 1. The predicted molar refractivity (Wildman–Crippen MR) is 140 cm³/mol. The predicted octanol–water partition coefficient (Wildman–Crippen LogP) is 6.80. The maximum atomic E-state index is 10.5. The molecule has 1 heterocycles. The molecule has 34 heavy (non-hydrogen) atoms. The average Bonchev–Trinajstić information content (AvgIpc) is 2.80. The SMILES string of the molecule is CC1(C)CC(O)CC(C)(C)N1CCC(c1ccccc1)c1ccccc1OCc1ccccc1. The molecule has 0 aliphatic carbocycles. The third-order valence-corrected chi connectivity index (χ3v) is 7.31. The molecular formula is C31H39NO2. The van der Waals surface area contributed by atoms with E-state index in [0.29, 0.717) is 6.61 Å². The highest BCUT2D eigenvalue weighted by Gasteiger charge is 2.44. The van der Waals surface area contributed by atoms with Gasteiger partial charge in [-0.2, -0.15) is 0 Å². The number of piperidine rings is 1. The van der Waals surface area contributed by atoms with Crippen molar-refractivity contribution in [2.75, 3.05) is 6.54 Å². The standard InChI is InChI=1S/C31H39NO2/c1-30(2)21-26(33)22-31(3,4)32(30)20-19-27(25-15-9-6-10-16-25)28-17-11-12-18-29(28)34-23-24-13-7-5-8-14-24/h5-18,26-27,33H,19-23H2,1-4H3. The number of nitrogens with zero attached hydrogens (tertiary/aromatic N) is 1. The summed E-state index contributed by atoms with van der Waals surface area (Å²) in [6.07, 6.45) is 2.36. The molecular weight excluding hydrogens is 418 g/mol. The Bertz CT molecular complexity index is 1030. The Labute approximate surface area is 205 Å². The van der Waals surface area contributed by atoms with Gasteiger partial charge in [-0.3, -0.25) is 4.90 Å². The van der Waals surface area contributed by atoms with Crippen LogP contribution in [-0.4, -0.2) is 33.7 Å². The van der Waals surface area contributed by atoms with Gasteiger partial charge in [0.1, 0.15) is 12.4 Å². The maximum Gasteiger partial charge on any atom is 0.123 e. The Morgan fingerprint density at radius 2 is 1.38 bits per heavy atom. The van der Waals surface area contributed by atoms with Crippen molar-refractivity contribution >= 4 is 0 Å². The van der Waals surface area contributed by atoms with Gasteiger partial charge in [0, 0.05) is 29.1 Å². The van der Waals surface area contributed by atoms with Gasteiger partial charge in [0.15, 0.2) is 0 Å². The van der Waals surface area contributed by atoms with E-state index in [9.17, 15) is 5.11 Å². The maximum absolute atomic E-state index is 10.5. The largest absolute Gasteiger partial charge is 0.489 e. The first-order valence-electron chi connectivity index (χ1n) is 12.5. The van der Waals surface area contributed by atoms with Crippen molar-refractivity contribution < 1.29 is 9.84 Å². The smallest absolute Gasteiger partial charge is 0.123 e. The van der Waals surface area contributed by atoms with Crippen LogP contribution in [0.15, 0.2) is 84.9 Å².